The summed E-state index contributed by atoms with van der Waals surface area (Å²) in [6, 6.07) is 4.26. The van der Waals surface area contributed by atoms with Crippen LogP contribution >= 0.6 is 0 Å². The van der Waals surface area contributed by atoms with Gasteiger partial charge in [-0.2, -0.15) is 0 Å². The largest absolute Gasteiger partial charge is 0.504 e. The van der Waals surface area contributed by atoms with Crippen LogP contribution in [0.4, 0.5) is 0 Å². The third-order valence-corrected chi connectivity index (χ3v) is 6.39. The Labute approximate surface area is 123 Å². The molecule has 4 atom stereocenters. The minimum absolute atomic E-state index is 0.172. The molecule has 1 saturated carbocycles. The molecule has 2 fully saturated rings. The molecule has 1 aromatic rings. The predicted molar refractivity (Wildman–Crippen MR) is 76.7 cm³/mol. The van der Waals surface area contributed by atoms with Gasteiger partial charge in [0.25, 0.3) is 0 Å². The standard InChI is InChI=1S/C17H19NO3/c1-18-7-6-17-10-3-5-13(20)16(17)21-15-12(19)4-2-9(14(15)17)8-11(10)18/h2,4,10-11,16,19H,3,5-8H2,1H3/t10?,11-,16?,17+/m1/s1. The van der Waals surface area contributed by atoms with Crippen LogP contribution in [0.1, 0.15) is 30.4 Å². The second-order valence-corrected chi connectivity index (χ2v) is 7.10. The normalized spacial score (nSPS) is 39.9. The van der Waals surface area contributed by atoms with Crippen molar-refractivity contribution in [2.75, 3.05) is 13.6 Å². The van der Waals surface area contributed by atoms with Gasteiger partial charge in [-0.05, 0) is 50.4 Å². The molecule has 0 amide bonds. The highest BCUT2D eigenvalue weighted by atomic mass is 16.5. The number of piperidine rings is 1. The minimum Gasteiger partial charge on any atom is -0.504 e. The van der Waals surface area contributed by atoms with Crippen molar-refractivity contribution in [3.05, 3.63) is 23.3 Å². The van der Waals surface area contributed by atoms with Gasteiger partial charge in [-0.1, -0.05) is 6.07 Å². The van der Waals surface area contributed by atoms with Crippen LogP contribution in [0.2, 0.25) is 0 Å². The molecule has 2 heterocycles. The van der Waals surface area contributed by atoms with E-state index in [-0.39, 0.29) is 23.1 Å². The summed E-state index contributed by atoms with van der Waals surface area (Å²) in [5.74, 6) is 1.50. The molecule has 110 valence electrons. The van der Waals surface area contributed by atoms with Gasteiger partial charge in [0.1, 0.15) is 0 Å². The van der Waals surface area contributed by atoms with Crippen molar-refractivity contribution >= 4 is 5.78 Å². The lowest BCUT2D eigenvalue weighted by atomic mass is 9.52. The van der Waals surface area contributed by atoms with Crippen molar-refractivity contribution in [1.82, 2.24) is 4.90 Å². The minimum atomic E-state index is -0.366. The molecule has 4 heteroatoms. The molecule has 2 bridgehead atoms. The SMILES string of the molecule is CN1CC[C@]23c4c5ccc(O)c4OC2C(=O)CCC3[C@H]1C5. The maximum Gasteiger partial charge on any atom is 0.174 e. The van der Waals surface area contributed by atoms with Crippen LogP contribution < -0.4 is 4.74 Å². The van der Waals surface area contributed by atoms with Gasteiger partial charge in [-0.3, -0.25) is 4.79 Å². The van der Waals surface area contributed by atoms with Crippen molar-refractivity contribution in [1.29, 1.82) is 0 Å². The first-order chi connectivity index (χ1) is 10.1. The predicted octanol–water partition coefficient (Wildman–Crippen LogP) is 1.63. The van der Waals surface area contributed by atoms with Crippen molar-refractivity contribution in [3.8, 4) is 11.5 Å². The maximum absolute atomic E-state index is 12.5. The lowest BCUT2D eigenvalue weighted by molar-refractivity contribution is -0.138. The highest BCUT2D eigenvalue weighted by Crippen LogP contribution is 2.62. The van der Waals surface area contributed by atoms with Gasteiger partial charge in [-0.25, -0.2) is 0 Å². The Bertz CT molecular complexity index is 670. The van der Waals surface area contributed by atoms with Gasteiger partial charge in [0.05, 0.1) is 0 Å². The molecule has 1 aromatic carbocycles. The van der Waals surface area contributed by atoms with Crippen LogP contribution in [0.5, 0.6) is 11.5 Å². The second kappa shape index (κ2) is 3.61. The van der Waals surface area contributed by atoms with E-state index in [2.05, 4.69) is 11.9 Å². The number of ether oxygens (including phenoxy) is 1. The summed E-state index contributed by atoms with van der Waals surface area (Å²) in [5, 5.41) is 10.2. The lowest BCUT2D eigenvalue weighted by Crippen LogP contribution is -2.65. The molecule has 1 N–H and O–H groups in total. The van der Waals surface area contributed by atoms with Gasteiger partial charge in [-0.15, -0.1) is 0 Å². The van der Waals surface area contributed by atoms with Gasteiger partial charge >= 0.3 is 0 Å². The van der Waals surface area contributed by atoms with Gasteiger partial charge in [0, 0.05) is 23.4 Å². The second-order valence-electron chi connectivity index (χ2n) is 7.10. The Morgan fingerprint density at radius 1 is 1.43 bits per heavy atom. The number of likely N-dealkylation sites (tertiary alicyclic amines) is 1. The van der Waals surface area contributed by atoms with Crippen LogP contribution in [0.15, 0.2) is 12.1 Å². The molecule has 21 heavy (non-hydrogen) atoms. The highest BCUT2D eigenvalue weighted by molar-refractivity contribution is 5.89. The van der Waals surface area contributed by atoms with E-state index in [1.165, 1.54) is 5.56 Å². The number of phenols is 1. The Morgan fingerprint density at radius 2 is 2.29 bits per heavy atom. The summed E-state index contributed by atoms with van der Waals surface area (Å²) >= 11 is 0. The third-order valence-electron chi connectivity index (χ3n) is 6.39. The van der Waals surface area contributed by atoms with E-state index >= 15 is 0 Å². The van der Waals surface area contributed by atoms with Crippen LogP contribution in [0, 0.1) is 5.92 Å². The Kier molecular flexibility index (Phi) is 2.07. The molecule has 5 rings (SSSR count). The summed E-state index contributed by atoms with van der Waals surface area (Å²) in [4.78, 5) is 14.9. The van der Waals surface area contributed by atoms with Crippen LogP contribution in [-0.2, 0) is 16.6 Å². The number of phenolic OH excluding ortho intramolecular Hbond substituents is 1. The maximum atomic E-state index is 12.5. The van der Waals surface area contributed by atoms with E-state index in [1.54, 1.807) is 6.07 Å². The number of Topliss-reactive ketones (excluding diaryl/α,β-unsaturated/α-hetero) is 1. The van der Waals surface area contributed by atoms with Gasteiger partial charge in [0.15, 0.2) is 23.4 Å². The Morgan fingerprint density at radius 3 is 3.14 bits per heavy atom. The number of benzene rings is 1. The number of likely N-dealkylation sites (N-methyl/N-ethyl adjacent to an activating group) is 1. The number of carbonyl (C=O) groups excluding carboxylic acids is 1. The number of carbonyl (C=O) groups is 1. The first kappa shape index (κ1) is 12.0. The number of ketones is 1. The van der Waals surface area contributed by atoms with Gasteiger partial charge in [0.2, 0.25) is 0 Å². The van der Waals surface area contributed by atoms with E-state index in [1.807, 2.05) is 6.07 Å². The van der Waals surface area contributed by atoms with Crippen LogP contribution in [-0.4, -0.2) is 41.5 Å². The summed E-state index contributed by atoms with van der Waals surface area (Å²) in [5.41, 5.74) is 2.26. The van der Waals surface area contributed by atoms with Crippen LogP contribution in [0.25, 0.3) is 0 Å². The van der Waals surface area contributed by atoms with E-state index in [4.69, 9.17) is 4.74 Å². The average Bonchev–Trinajstić information content (AvgIpc) is 2.83. The molecule has 4 nitrogen and oxygen atoms in total. The number of aromatic hydroxyl groups is 1. The number of rotatable bonds is 0. The summed E-state index contributed by atoms with van der Waals surface area (Å²) < 4.78 is 6.04. The first-order valence-corrected chi connectivity index (χ1v) is 7.88. The topological polar surface area (TPSA) is 49.8 Å². The quantitative estimate of drug-likeness (QED) is 0.787. The number of hydrogen-bond acceptors (Lipinski definition) is 4. The molecule has 2 aliphatic heterocycles. The first-order valence-electron chi connectivity index (χ1n) is 7.88. The molecule has 2 aliphatic carbocycles. The van der Waals surface area contributed by atoms with Crippen molar-refractivity contribution in [2.24, 2.45) is 5.92 Å². The monoisotopic (exact) mass is 285 g/mol. The third kappa shape index (κ3) is 1.20. The van der Waals surface area contributed by atoms with E-state index < -0.39 is 0 Å². The zero-order valence-corrected chi connectivity index (χ0v) is 12.1. The van der Waals surface area contributed by atoms with Gasteiger partial charge < -0.3 is 14.7 Å². The van der Waals surface area contributed by atoms with Crippen molar-refractivity contribution in [2.45, 2.75) is 43.2 Å². The fourth-order valence-electron chi connectivity index (χ4n) is 5.52. The zero-order valence-electron chi connectivity index (χ0n) is 12.1. The Balaban J connectivity index is 1.83. The summed E-state index contributed by atoms with van der Waals surface area (Å²) in [6.07, 6.45) is 3.18. The fraction of sp³-hybridized carbons (Fsp3) is 0.588. The van der Waals surface area contributed by atoms with E-state index in [0.29, 0.717) is 24.1 Å². The van der Waals surface area contributed by atoms with Crippen molar-refractivity contribution < 1.29 is 14.6 Å². The number of hydrogen-bond donors (Lipinski definition) is 1. The molecule has 2 unspecified atom stereocenters. The average molecular weight is 285 g/mol. The van der Waals surface area contributed by atoms with E-state index in [0.717, 1.165) is 31.4 Å². The molecule has 1 spiro atoms. The smallest absolute Gasteiger partial charge is 0.174 e. The zero-order chi connectivity index (χ0) is 14.4. The summed E-state index contributed by atoms with van der Waals surface area (Å²) in [6.45, 7) is 1.00. The summed E-state index contributed by atoms with van der Waals surface area (Å²) in [7, 11) is 2.20. The Hall–Kier alpha value is -1.55. The fourth-order valence-corrected chi connectivity index (χ4v) is 5.52. The van der Waals surface area contributed by atoms with Crippen molar-refractivity contribution in [3.63, 3.8) is 0 Å². The highest BCUT2D eigenvalue weighted by Gasteiger charge is 2.65. The molecule has 4 aliphatic rings. The molecular formula is C17H19NO3. The molecule has 1 saturated heterocycles. The lowest BCUT2D eigenvalue weighted by Gasteiger charge is -2.57. The number of nitrogens with zero attached hydrogens (tertiary/aromatic N) is 1. The van der Waals surface area contributed by atoms with E-state index in [9.17, 15) is 9.90 Å². The molecule has 0 radical (unpaired) electrons. The molecule has 0 aromatic heterocycles. The molecular weight excluding hydrogens is 266 g/mol. The van der Waals surface area contributed by atoms with Crippen LogP contribution in [0.3, 0.4) is 0 Å².